The van der Waals surface area contributed by atoms with Crippen LogP contribution in [0.5, 0.6) is 0 Å². The first-order chi connectivity index (χ1) is 11.5. The molecule has 0 radical (unpaired) electrons. The van der Waals surface area contributed by atoms with E-state index in [1.807, 2.05) is 4.90 Å². The lowest BCUT2D eigenvalue weighted by atomic mass is 10.0. The fourth-order valence-electron chi connectivity index (χ4n) is 3.44. The van der Waals surface area contributed by atoms with Crippen LogP contribution in [0.1, 0.15) is 41.0 Å². The summed E-state index contributed by atoms with van der Waals surface area (Å²) >= 11 is 1.69. The lowest BCUT2D eigenvalue weighted by Crippen LogP contribution is -2.29. The third-order valence-electron chi connectivity index (χ3n) is 4.43. The number of thioether (sulfide) groups is 1. The van der Waals surface area contributed by atoms with Crippen LogP contribution in [0.2, 0.25) is 0 Å². The van der Waals surface area contributed by atoms with Crippen LogP contribution in [0.25, 0.3) is 0 Å². The maximum atomic E-state index is 12.9. The van der Waals surface area contributed by atoms with Crippen LogP contribution in [-0.2, 0) is 4.79 Å². The van der Waals surface area contributed by atoms with Gasteiger partial charge in [0.15, 0.2) is 0 Å². The van der Waals surface area contributed by atoms with Gasteiger partial charge in [-0.15, -0.1) is 11.8 Å². The van der Waals surface area contributed by atoms with Crippen LogP contribution in [0.4, 0.5) is 5.69 Å². The van der Waals surface area contributed by atoms with Crippen molar-refractivity contribution >= 4 is 23.4 Å². The van der Waals surface area contributed by atoms with E-state index in [4.69, 9.17) is 0 Å². The fourth-order valence-corrected chi connectivity index (χ4v) is 4.68. The Labute approximate surface area is 147 Å². The van der Waals surface area contributed by atoms with Gasteiger partial charge in [0.05, 0.1) is 10.9 Å². The number of benzene rings is 1. The molecular weight excluding hydrogens is 318 g/mol. The van der Waals surface area contributed by atoms with Crippen LogP contribution in [0, 0.1) is 20.8 Å². The van der Waals surface area contributed by atoms with E-state index in [0.717, 1.165) is 24.3 Å². The number of amides is 1. The molecule has 1 saturated heterocycles. The Morgan fingerprint density at radius 1 is 1.21 bits per heavy atom. The molecule has 2 heterocycles. The van der Waals surface area contributed by atoms with Crippen molar-refractivity contribution in [2.24, 2.45) is 0 Å². The molecule has 2 atom stereocenters. The second kappa shape index (κ2) is 6.93. The quantitative estimate of drug-likeness (QED) is 0.843. The number of carbonyl (C=O) groups is 1. The van der Waals surface area contributed by atoms with Crippen LogP contribution in [-0.4, -0.2) is 27.7 Å². The normalized spacial score (nSPS) is 18.9. The largest absolute Gasteiger partial charge is 0.311 e. The first-order valence-corrected chi connectivity index (χ1v) is 9.22. The summed E-state index contributed by atoms with van der Waals surface area (Å²) in [6.07, 6.45) is 6.03. The predicted octanol–water partition coefficient (Wildman–Crippen LogP) is 4.00. The molecule has 24 heavy (non-hydrogen) atoms. The molecule has 1 aromatic heterocycles. The van der Waals surface area contributed by atoms with Crippen LogP contribution < -0.4 is 4.90 Å². The highest BCUT2D eigenvalue weighted by molar-refractivity contribution is 8.00. The molecule has 0 aliphatic carbocycles. The molecule has 0 spiro atoms. The molecule has 5 heteroatoms. The zero-order chi connectivity index (χ0) is 17.3. The van der Waals surface area contributed by atoms with Gasteiger partial charge >= 0.3 is 0 Å². The van der Waals surface area contributed by atoms with Gasteiger partial charge in [-0.25, -0.2) is 0 Å². The topological polar surface area (TPSA) is 46.1 Å². The van der Waals surface area contributed by atoms with Crippen LogP contribution in [0.15, 0.2) is 30.7 Å². The predicted molar refractivity (Wildman–Crippen MR) is 99.4 cm³/mol. The molecule has 1 aromatic carbocycles. The van der Waals surface area contributed by atoms with Gasteiger partial charge in [-0.3, -0.25) is 14.8 Å². The summed E-state index contributed by atoms with van der Waals surface area (Å²) in [7, 11) is 0. The summed E-state index contributed by atoms with van der Waals surface area (Å²) in [5.74, 6) is 0.214. The second-order valence-electron chi connectivity index (χ2n) is 6.42. The third kappa shape index (κ3) is 3.31. The third-order valence-corrected chi connectivity index (χ3v) is 5.85. The molecule has 2 aromatic rings. The van der Waals surface area contributed by atoms with E-state index in [0.29, 0.717) is 0 Å². The highest BCUT2D eigenvalue weighted by Crippen LogP contribution is 2.38. The van der Waals surface area contributed by atoms with Crippen molar-refractivity contribution in [3.63, 3.8) is 0 Å². The van der Waals surface area contributed by atoms with Crippen molar-refractivity contribution in [2.75, 3.05) is 11.4 Å². The molecule has 0 bridgehead atoms. The number of aromatic nitrogens is 2. The first-order valence-electron chi connectivity index (χ1n) is 8.28. The van der Waals surface area contributed by atoms with Gasteiger partial charge in [0.1, 0.15) is 0 Å². The summed E-state index contributed by atoms with van der Waals surface area (Å²) < 4.78 is 0. The first kappa shape index (κ1) is 17.0. The molecule has 3 rings (SSSR count). The minimum absolute atomic E-state index is 0.0119. The standard InChI is InChI=1S/C19H23N3OS/c1-12-9-13(2)18(14(3)10-12)22-8-5-17(19(22)23)24-15(4)16-11-20-6-7-21-16/h6-7,9-11,15,17H,5,8H2,1-4H3. The van der Waals surface area contributed by atoms with E-state index in [9.17, 15) is 4.79 Å². The van der Waals surface area contributed by atoms with Crippen molar-refractivity contribution in [2.45, 2.75) is 44.6 Å². The second-order valence-corrected chi connectivity index (χ2v) is 7.97. The van der Waals surface area contributed by atoms with Gasteiger partial charge in [-0.1, -0.05) is 17.7 Å². The van der Waals surface area contributed by atoms with Gasteiger partial charge in [0.2, 0.25) is 5.91 Å². The SMILES string of the molecule is Cc1cc(C)c(N2CCC(SC(C)c3cnccn3)C2=O)c(C)c1. The van der Waals surface area contributed by atoms with Gasteiger partial charge in [0.25, 0.3) is 0 Å². The minimum atomic E-state index is -0.0119. The Kier molecular flexibility index (Phi) is 4.90. The number of carbonyl (C=O) groups excluding carboxylic acids is 1. The molecule has 4 nitrogen and oxygen atoms in total. The lowest BCUT2D eigenvalue weighted by molar-refractivity contribution is -0.116. The molecule has 1 aliphatic heterocycles. The van der Waals surface area contributed by atoms with Gasteiger partial charge < -0.3 is 4.90 Å². The Balaban J connectivity index is 1.76. The average Bonchev–Trinajstić information content (AvgIpc) is 2.88. The van der Waals surface area contributed by atoms with Crippen molar-refractivity contribution in [3.05, 3.63) is 53.1 Å². The van der Waals surface area contributed by atoms with Gasteiger partial charge in [-0.05, 0) is 45.2 Å². The van der Waals surface area contributed by atoms with Crippen LogP contribution >= 0.6 is 11.8 Å². The zero-order valence-corrected chi connectivity index (χ0v) is 15.4. The van der Waals surface area contributed by atoms with E-state index >= 15 is 0 Å². The number of hydrogen-bond acceptors (Lipinski definition) is 4. The summed E-state index contributed by atoms with van der Waals surface area (Å²) in [6, 6.07) is 4.30. The monoisotopic (exact) mass is 341 g/mol. The smallest absolute Gasteiger partial charge is 0.240 e. The summed E-state index contributed by atoms with van der Waals surface area (Å²) in [5.41, 5.74) is 5.60. The molecule has 1 amide bonds. The van der Waals surface area contributed by atoms with Gasteiger partial charge in [0, 0.05) is 36.1 Å². The number of nitrogens with zero attached hydrogens (tertiary/aromatic N) is 3. The lowest BCUT2D eigenvalue weighted by Gasteiger charge is -2.22. The Hall–Kier alpha value is -1.88. The van der Waals surface area contributed by atoms with E-state index < -0.39 is 0 Å². The Morgan fingerprint density at radius 3 is 2.54 bits per heavy atom. The Bertz CT molecular complexity index is 725. The van der Waals surface area contributed by atoms with Crippen molar-refractivity contribution in [1.82, 2.24) is 9.97 Å². The molecule has 0 N–H and O–H groups in total. The Morgan fingerprint density at radius 2 is 1.92 bits per heavy atom. The molecule has 2 unspecified atom stereocenters. The average molecular weight is 341 g/mol. The summed E-state index contributed by atoms with van der Waals surface area (Å²) in [4.78, 5) is 23.4. The molecular formula is C19H23N3OS. The maximum Gasteiger partial charge on any atom is 0.240 e. The van der Waals surface area contributed by atoms with Crippen molar-refractivity contribution < 1.29 is 4.79 Å². The molecule has 0 saturated carbocycles. The minimum Gasteiger partial charge on any atom is -0.311 e. The number of rotatable bonds is 4. The summed E-state index contributed by atoms with van der Waals surface area (Å²) in [5, 5.41) is 0.148. The highest BCUT2D eigenvalue weighted by atomic mass is 32.2. The summed E-state index contributed by atoms with van der Waals surface area (Å²) in [6.45, 7) is 9.15. The zero-order valence-electron chi connectivity index (χ0n) is 14.6. The van der Waals surface area contributed by atoms with E-state index in [-0.39, 0.29) is 16.4 Å². The number of hydrogen-bond donors (Lipinski definition) is 0. The van der Waals surface area contributed by atoms with Crippen molar-refractivity contribution in [1.29, 1.82) is 0 Å². The van der Waals surface area contributed by atoms with Gasteiger partial charge in [-0.2, -0.15) is 0 Å². The molecule has 126 valence electrons. The van der Waals surface area contributed by atoms with E-state index in [1.165, 1.54) is 16.7 Å². The molecule has 1 aliphatic rings. The number of aryl methyl sites for hydroxylation is 3. The number of anilines is 1. The van der Waals surface area contributed by atoms with E-state index in [2.05, 4.69) is 49.8 Å². The highest BCUT2D eigenvalue weighted by Gasteiger charge is 2.35. The van der Waals surface area contributed by atoms with E-state index in [1.54, 1.807) is 30.4 Å². The fraction of sp³-hybridized carbons (Fsp3) is 0.421. The molecule has 1 fully saturated rings. The van der Waals surface area contributed by atoms with Crippen molar-refractivity contribution in [3.8, 4) is 0 Å². The maximum absolute atomic E-state index is 12.9. The van der Waals surface area contributed by atoms with Crippen LogP contribution in [0.3, 0.4) is 0 Å².